The predicted molar refractivity (Wildman–Crippen MR) is 63.5 cm³/mol. The van der Waals surface area contributed by atoms with Gasteiger partial charge in [-0.2, -0.15) is 0 Å². The van der Waals surface area contributed by atoms with Crippen molar-refractivity contribution < 1.29 is 5.11 Å². The molecule has 0 saturated carbocycles. The van der Waals surface area contributed by atoms with E-state index in [0.29, 0.717) is 0 Å². The van der Waals surface area contributed by atoms with Crippen LogP contribution in [0.4, 0.5) is 0 Å². The normalized spacial score (nSPS) is 13.0. The first-order valence-corrected chi connectivity index (χ1v) is 5.19. The van der Waals surface area contributed by atoms with E-state index in [-0.39, 0.29) is 12.0 Å². The molecule has 0 aliphatic rings. The number of hydrogen-bond donors (Lipinski definition) is 1. The van der Waals surface area contributed by atoms with Gasteiger partial charge in [-0.25, -0.2) is 0 Å². The molecule has 0 fully saturated rings. The van der Waals surface area contributed by atoms with Crippen molar-refractivity contribution in [2.75, 3.05) is 6.61 Å². The maximum Gasteiger partial charge on any atom is 0.0650 e. The van der Waals surface area contributed by atoms with Gasteiger partial charge in [0.05, 0.1) is 12.3 Å². The molecule has 15 heavy (non-hydrogen) atoms. The van der Waals surface area contributed by atoms with Gasteiger partial charge in [0.15, 0.2) is 0 Å². The van der Waals surface area contributed by atoms with Crippen LogP contribution in [0.2, 0.25) is 0 Å². The lowest BCUT2D eigenvalue weighted by atomic mass is 9.86. The average Bonchev–Trinajstić information content (AvgIpc) is 2.12. The second-order valence-electron chi connectivity index (χ2n) is 4.78. The van der Waals surface area contributed by atoms with Crippen LogP contribution in [0.1, 0.15) is 32.2 Å². The van der Waals surface area contributed by atoms with E-state index < -0.39 is 0 Å². The molecule has 0 amide bonds. The van der Waals surface area contributed by atoms with Gasteiger partial charge in [-0.1, -0.05) is 26.8 Å². The third kappa shape index (κ3) is 3.48. The maximum absolute atomic E-state index is 9.30. The molecule has 82 valence electrons. The van der Waals surface area contributed by atoms with Crippen molar-refractivity contribution in [3.63, 3.8) is 0 Å². The van der Waals surface area contributed by atoms with Crippen LogP contribution in [0.3, 0.4) is 0 Å². The first-order valence-electron chi connectivity index (χ1n) is 5.19. The fourth-order valence-electron chi connectivity index (χ4n) is 1.32. The lowest BCUT2D eigenvalue weighted by Crippen LogP contribution is -2.12. The molecule has 2 heteroatoms. The van der Waals surface area contributed by atoms with Crippen molar-refractivity contribution in [1.82, 2.24) is 4.98 Å². The van der Waals surface area contributed by atoms with Crippen LogP contribution < -0.4 is 0 Å². The Morgan fingerprint density at radius 2 is 2.07 bits per heavy atom. The molecule has 2 nitrogen and oxygen atoms in total. The molecule has 0 saturated heterocycles. The molecular weight excluding hydrogens is 186 g/mol. The highest BCUT2D eigenvalue weighted by Crippen LogP contribution is 2.26. The van der Waals surface area contributed by atoms with Gasteiger partial charge in [0.25, 0.3) is 0 Å². The standard InChI is InChI=1S/C13H19NO/c1-10-6-5-7-12(14-10)8-11(9-15)13(2,3)4/h5-8,15H,9H2,1-4H3/b11-8+. The Labute approximate surface area is 91.7 Å². The maximum atomic E-state index is 9.30. The molecule has 1 aromatic rings. The smallest absolute Gasteiger partial charge is 0.0650 e. The fourth-order valence-corrected chi connectivity index (χ4v) is 1.32. The van der Waals surface area contributed by atoms with Gasteiger partial charge >= 0.3 is 0 Å². The van der Waals surface area contributed by atoms with E-state index in [1.54, 1.807) is 0 Å². The molecule has 0 spiro atoms. The van der Waals surface area contributed by atoms with E-state index >= 15 is 0 Å². The molecule has 1 heterocycles. The number of aliphatic hydroxyl groups excluding tert-OH is 1. The molecule has 0 radical (unpaired) electrons. The van der Waals surface area contributed by atoms with Crippen molar-refractivity contribution in [3.8, 4) is 0 Å². The average molecular weight is 205 g/mol. The summed E-state index contributed by atoms with van der Waals surface area (Å²) in [5, 5.41) is 9.30. The summed E-state index contributed by atoms with van der Waals surface area (Å²) in [6.45, 7) is 8.31. The van der Waals surface area contributed by atoms with Gasteiger partial charge in [0.1, 0.15) is 0 Å². The molecular formula is C13H19NO. The minimum Gasteiger partial charge on any atom is -0.392 e. The van der Waals surface area contributed by atoms with Gasteiger partial charge < -0.3 is 5.11 Å². The van der Waals surface area contributed by atoms with Gasteiger partial charge in [0, 0.05) is 5.69 Å². The second-order valence-corrected chi connectivity index (χ2v) is 4.78. The fraction of sp³-hybridized carbons (Fsp3) is 0.462. The summed E-state index contributed by atoms with van der Waals surface area (Å²) in [5.74, 6) is 0. The van der Waals surface area contributed by atoms with Crippen molar-refractivity contribution in [2.45, 2.75) is 27.7 Å². The Kier molecular flexibility index (Phi) is 3.64. The van der Waals surface area contributed by atoms with Gasteiger partial charge in [-0.15, -0.1) is 0 Å². The van der Waals surface area contributed by atoms with Crippen molar-refractivity contribution in [3.05, 3.63) is 35.2 Å². The van der Waals surface area contributed by atoms with Crippen LogP contribution >= 0.6 is 0 Å². The predicted octanol–water partition coefficient (Wildman–Crippen LogP) is 2.81. The molecule has 0 atom stereocenters. The van der Waals surface area contributed by atoms with E-state index in [1.165, 1.54) is 0 Å². The van der Waals surface area contributed by atoms with Crippen molar-refractivity contribution >= 4 is 6.08 Å². The van der Waals surface area contributed by atoms with Crippen molar-refractivity contribution in [2.24, 2.45) is 5.41 Å². The van der Waals surface area contributed by atoms with Crippen molar-refractivity contribution in [1.29, 1.82) is 0 Å². The van der Waals surface area contributed by atoms with E-state index in [4.69, 9.17) is 0 Å². The number of hydrogen-bond acceptors (Lipinski definition) is 2. The lowest BCUT2D eigenvalue weighted by molar-refractivity contribution is 0.298. The lowest BCUT2D eigenvalue weighted by Gasteiger charge is -2.21. The molecule has 1 N–H and O–H groups in total. The highest BCUT2D eigenvalue weighted by atomic mass is 16.3. The molecule has 1 aromatic heterocycles. The van der Waals surface area contributed by atoms with Gasteiger partial charge in [-0.05, 0) is 36.1 Å². The summed E-state index contributed by atoms with van der Waals surface area (Å²) in [7, 11) is 0. The van der Waals surface area contributed by atoms with Crippen LogP contribution in [0.15, 0.2) is 23.8 Å². The first-order chi connectivity index (χ1) is 6.93. The van der Waals surface area contributed by atoms with Gasteiger partial charge in [-0.3, -0.25) is 4.98 Å². The molecule has 1 rings (SSSR count). The highest BCUT2D eigenvalue weighted by Gasteiger charge is 2.15. The molecule has 0 bridgehead atoms. The minimum atomic E-state index is -0.0137. The van der Waals surface area contributed by atoms with Crippen LogP contribution in [0.5, 0.6) is 0 Å². The molecule has 0 unspecified atom stereocenters. The summed E-state index contributed by atoms with van der Waals surface area (Å²) in [6.07, 6.45) is 1.97. The summed E-state index contributed by atoms with van der Waals surface area (Å²) in [6, 6.07) is 5.90. The number of pyridine rings is 1. The molecule has 0 aliphatic heterocycles. The summed E-state index contributed by atoms with van der Waals surface area (Å²) in [5.41, 5.74) is 2.89. The van der Waals surface area contributed by atoms with Crippen LogP contribution in [-0.4, -0.2) is 16.7 Å². The Balaban J connectivity index is 3.04. The number of nitrogens with zero attached hydrogens (tertiary/aromatic N) is 1. The summed E-state index contributed by atoms with van der Waals surface area (Å²) >= 11 is 0. The third-order valence-corrected chi connectivity index (χ3v) is 2.37. The number of rotatable bonds is 2. The number of aryl methyl sites for hydroxylation is 1. The zero-order chi connectivity index (χ0) is 11.5. The van der Waals surface area contributed by atoms with E-state index in [0.717, 1.165) is 17.0 Å². The zero-order valence-electron chi connectivity index (χ0n) is 9.91. The highest BCUT2D eigenvalue weighted by molar-refractivity contribution is 5.50. The Bertz CT molecular complexity index is 361. The van der Waals surface area contributed by atoms with Crippen LogP contribution in [0.25, 0.3) is 6.08 Å². The Morgan fingerprint density at radius 3 is 2.53 bits per heavy atom. The zero-order valence-corrected chi connectivity index (χ0v) is 9.91. The Hall–Kier alpha value is -1.15. The first kappa shape index (κ1) is 11.9. The van der Waals surface area contributed by atoms with Crippen LogP contribution in [0, 0.1) is 12.3 Å². The largest absolute Gasteiger partial charge is 0.392 e. The summed E-state index contributed by atoms with van der Waals surface area (Å²) < 4.78 is 0. The van der Waals surface area contributed by atoms with E-state index in [2.05, 4.69) is 25.8 Å². The van der Waals surface area contributed by atoms with Gasteiger partial charge in [0.2, 0.25) is 0 Å². The molecule has 0 aliphatic carbocycles. The second kappa shape index (κ2) is 4.58. The van der Waals surface area contributed by atoms with Crippen LogP contribution in [-0.2, 0) is 0 Å². The minimum absolute atomic E-state index is 0.0137. The van der Waals surface area contributed by atoms with E-state index in [9.17, 15) is 5.11 Å². The monoisotopic (exact) mass is 205 g/mol. The summed E-state index contributed by atoms with van der Waals surface area (Å²) in [4.78, 5) is 4.39. The quantitative estimate of drug-likeness (QED) is 0.805. The SMILES string of the molecule is Cc1cccc(/C=C(\CO)C(C)(C)C)n1. The third-order valence-electron chi connectivity index (χ3n) is 2.37. The topological polar surface area (TPSA) is 33.1 Å². The Morgan fingerprint density at radius 1 is 1.40 bits per heavy atom. The number of aromatic nitrogens is 1. The number of aliphatic hydroxyl groups is 1. The van der Waals surface area contributed by atoms with E-state index in [1.807, 2.05) is 31.2 Å². The molecule has 0 aromatic carbocycles.